The maximum atomic E-state index is 9.15. The first kappa shape index (κ1) is 12.7. The Morgan fingerprint density at radius 2 is 2.22 bits per heavy atom. The summed E-state index contributed by atoms with van der Waals surface area (Å²) in [5.74, 6) is 0.509. The van der Waals surface area contributed by atoms with Gasteiger partial charge in [-0.2, -0.15) is 10.4 Å². The molecule has 6 heteroatoms. The Morgan fingerprint density at radius 3 is 2.89 bits per heavy atom. The van der Waals surface area contributed by atoms with Gasteiger partial charge in [-0.1, -0.05) is 0 Å². The second-order valence-electron chi connectivity index (χ2n) is 4.19. The lowest BCUT2D eigenvalue weighted by atomic mass is 10.1. The highest BCUT2D eigenvalue weighted by atomic mass is 16.6. The van der Waals surface area contributed by atoms with Crippen LogP contribution in [0.5, 0.6) is 0 Å². The van der Waals surface area contributed by atoms with Gasteiger partial charge in [-0.15, -0.1) is 5.10 Å². The normalized spacial score (nSPS) is 19.3. The van der Waals surface area contributed by atoms with E-state index in [2.05, 4.69) is 21.6 Å². The molecule has 2 heterocycles. The number of nitrogens with one attached hydrogen (secondary N) is 1. The largest absolute Gasteiger partial charge is 0.376 e. The van der Waals surface area contributed by atoms with Crippen LogP contribution in [-0.4, -0.2) is 42.7 Å². The van der Waals surface area contributed by atoms with E-state index in [9.17, 15) is 0 Å². The number of ether oxygens (including phenoxy) is 2. The first-order chi connectivity index (χ1) is 8.72. The van der Waals surface area contributed by atoms with Gasteiger partial charge in [-0.25, -0.2) is 0 Å². The number of hydrogen-bond acceptors (Lipinski definition) is 6. The lowest BCUT2D eigenvalue weighted by Crippen LogP contribution is -2.34. The van der Waals surface area contributed by atoms with E-state index >= 15 is 0 Å². The van der Waals surface area contributed by atoms with E-state index in [0.717, 1.165) is 11.3 Å². The Kier molecular flexibility index (Phi) is 4.07. The van der Waals surface area contributed by atoms with Crippen molar-refractivity contribution in [3.05, 3.63) is 16.8 Å². The predicted molar refractivity (Wildman–Crippen MR) is 65.3 cm³/mol. The summed E-state index contributed by atoms with van der Waals surface area (Å²) in [5.41, 5.74) is 2.17. The third kappa shape index (κ3) is 2.75. The van der Waals surface area contributed by atoms with E-state index < -0.39 is 0 Å². The lowest BCUT2D eigenvalue weighted by Gasteiger charge is -2.23. The molecule has 1 unspecified atom stereocenters. The molecule has 1 N–H and O–H groups in total. The van der Waals surface area contributed by atoms with Gasteiger partial charge in [-0.05, 0) is 19.4 Å². The molecule has 0 radical (unpaired) electrons. The maximum absolute atomic E-state index is 9.15. The molecule has 1 aromatic rings. The quantitative estimate of drug-likeness (QED) is 0.852. The zero-order chi connectivity index (χ0) is 13.0. The van der Waals surface area contributed by atoms with Crippen LogP contribution in [0.1, 0.15) is 16.8 Å². The number of anilines is 1. The van der Waals surface area contributed by atoms with Crippen molar-refractivity contribution in [1.29, 1.82) is 5.26 Å². The van der Waals surface area contributed by atoms with Crippen LogP contribution < -0.4 is 5.32 Å². The third-order valence-electron chi connectivity index (χ3n) is 2.95. The second-order valence-corrected chi connectivity index (χ2v) is 4.19. The molecule has 1 fully saturated rings. The molecule has 0 amide bonds. The van der Waals surface area contributed by atoms with Gasteiger partial charge in [0.05, 0.1) is 31.6 Å². The molecule has 1 atom stereocenters. The van der Waals surface area contributed by atoms with Crippen LogP contribution in [0.25, 0.3) is 0 Å². The number of aryl methyl sites for hydroxylation is 1. The predicted octanol–water partition coefficient (Wildman–Crippen LogP) is 0.792. The van der Waals surface area contributed by atoms with Crippen LogP contribution in [0.15, 0.2) is 0 Å². The maximum Gasteiger partial charge on any atom is 0.167 e. The van der Waals surface area contributed by atoms with Crippen LogP contribution in [0.3, 0.4) is 0 Å². The van der Waals surface area contributed by atoms with Crippen LogP contribution in [0.2, 0.25) is 0 Å². The van der Waals surface area contributed by atoms with Gasteiger partial charge in [0.25, 0.3) is 0 Å². The van der Waals surface area contributed by atoms with E-state index in [1.54, 1.807) is 0 Å². The summed E-state index contributed by atoms with van der Waals surface area (Å²) in [6, 6.07) is 2.16. The molecule has 96 valence electrons. The van der Waals surface area contributed by atoms with Gasteiger partial charge in [-0.3, -0.25) is 0 Å². The molecule has 1 aliphatic rings. The standard InChI is InChI=1S/C12H16N4O2/c1-8-9(2)15-16-12(11(8)5-13)14-6-10-7-17-3-4-18-10/h10H,3-4,6-7H2,1-2H3,(H,14,16). The number of aromatic nitrogens is 2. The summed E-state index contributed by atoms with van der Waals surface area (Å²) in [6.45, 7) is 6.08. The third-order valence-corrected chi connectivity index (χ3v) is 2.95. The van der Waals surface area contributed by atoms with E-state index in [-0.39, 0.29) is 6.10 Å². The zero-order valence-electron chi connectivity index (χ0n) is 10.6. The summed E-state index contributed by atoms with van der Waals surface area (Å²) >= 11 is 0. The van der Waals surface area contributed by atoms with Crippen LogP contribution in [0, 0.1) is 25.2 Å². The number of rotatable bonds is 3. The zero-order valence-corrected chi connectivity index (χ0v) is 10.6. The molecule has 1 aliphatic heterocycles. The second kappa shape index (κ2) is 5.76. The van der Waals surface area contributed by atoms with Crippen LogP contribution >= 0.6 is 0 Å². The van der Waals surface area contributed by atoms with Crippen molar-refractivity contribution in [1.82, 2.24) is 10.2 Å². The smallest absolute Gasteiger partial charge is 0.167 e. The summed E-state index contributed by atoms with van der Waals surface area (Å²) in [6.07, 6.45) is -0.00583. The van der Waals surface area contributed by atoms with Gasteiger partial charge in [0.1, 0.15) is 11.6 Å². The highest BCUT2D eigenvalue weighted by molar-refractivity contribution is 5.55. The van der Waals surface area contributed by atoms with Gasteiger partial charge in [0, 0.05) is 6.54 Å². The summed E-state index contributed by atoms with van der Waals surface area (Å²) in [7, 11) is 0. The van der Waals surface area contributed by atoms with Gasteiger partial charge in [0.15, 0.2) is 5.82 Å². The van der Waals surface area contributed by atoms with Gasteiger partial charge >= 0.3 is 0 Å². The molecule has 1 aromatic heterocycles. The first-order valence-electron chi connectivity index (χ1n) is 5.89. The van der Waals surface area contributed by atoms with E-state index in [1.165, 1.54) is 0 Å². The highest BCUT2D eigenvalue weighted by Crippen LogP contribution is 2.17. The van der Waals surface area contributed by atoms with Crippen molar-refractivity contribution in [2.45, 2.75) is 20.0 Å². The average molecular weight is 248 g/mol. The molecular weight excluding hydrogens is 232 g/mol. The monoisotopic (exact) mass is 248 g/mol. The molecule has 0 aliphatic carbocycles. The van der Waals surface area contributed by atoms with Gasteiger partial charge < -0.3 is 14.8 Å². The van der Waals surface area contributed by atoms with Crippen molar-refractivity contribution < 1.29 is 9.47 Å². The minimum atomic E-state index is -0.00583. The topological polar surface area (TPSA) is 80.1 Å². The SMILES string of the molecule is Cc1nnc(NCC2COCCO2)c(C#N)c1C. The Hall–Kier alpha value is -1.71. The fraction of sp³-hybridized carbons (Fsp3) is 0.583. The Balaban J connectivity index is 2.05. The Labute approximate surface area is 106 Å². The molecular formula is C12H16N4O2. The summed E-state index contributed by atoms with van der Waals surface area (Å²) in [5, 5.41) is 20.3. The molecule has 0 aromatic carbocycles. The minimum absolute atomic E-state index is 0.00583. The van der Waals surface area contributed by atoms with Crippen molar-refractivity contribution in [3.8, 4) is 6.07 Å². The fourth-order valence-corrected chi connectivity index (χ4v) is 1.73. The van der Waals surface area contributed by atoms with Crippen molar-refractivity contribution in [2.24, 2.45) is 0 Å². The van der Waals surface area contributed by atoms with E-state index in [4.69, 9.17) is 14.7 Å². The molecule has 18 heavy (non-hydrogen) atoms. The van der Waals surface area contributed by atoms with Crippen molar-refractivity contribution in [2.75, 3.05) is 31.7 Å². The van der Waals surface area contributed by atoms with Gasteiger partial charge in [0.2, 0.25) is 0 Å². The van der Waals surface area contributed by atoms with Crippen molar-refractivity contribution >= 4 is 5.82 Å². The first-order valence-corrected chi connectivity index (χ1v) is 5.89. The fourth-order valence-electron chi connectivity index (χ4n) is 1.73. The number of nitrogens with zero attached hydrogens (tertiary/aromatic N) is 3. The van der Waals surface area contributed by atoms with Crippen LogP contribution in [0.4, 0.5) is 5.82 Å². The molecule has 1 saturated heterocycles. The van der Waals surface area contributed by atoms with E-state index in [1.807, 2.05) is 13.8 Å². The summed E-state index contributed by atoms with van der Waals surface area (Å²) in [4.78, 5) is 0. The number of nitriles is 1. The molecule has 6 nitrogen and oxygen atoms in total. The molecule has 0 saturated carbocycles. The lowest BCUT2D eigenvalue weighted by molar-refractivity contribution is -0.0819. The molecule has 0 spiro atoms. The highest BCUT2D eigenvalue weighted by Gasteiger charge is 2.16. The Morgan fingerprint density at radius 1 is 1.39 bits per heavy atom. The van der Waals surface area contributed by atoms with Crippen LogP contribution in [-0.2, 0) is 9.47 Å². The molecule has 0 bridgehead atoms. The average Bonchev–Trinajstić information content (AvgIpc) is 2.41. The number of hydrogen-bond donors (Lipinski definition) is 1. The Bertz CT molecular complexity index is 464. The summed E-state index contributed by atoms with van der Waals surface area (Å²) < 4.78 is 10.8. The van der Waals surface area contributed by atoms with E-state index in [0.29, 0.717) is 37.7 Å². The molecule has 2 rings (SSSR count). The minimum Gasteiger partial charge on any atom is -0.376 e. The van der Waals surface area contributed by atoms with Crippen molar-refractivity contribution in [3.63, 3.8) is 0 Å².